The van der Waals surface area contributed by atoms with Crippen LogP contribution in [0.3, 0.4) is 0 Å². The summed E-state index contributed by atoms with van der Waals surface area (Å²) in [5.41, 5.74) is 6.60. The van der Waals surface area contributed by atoms with E-state index < -0.39 is 6.04 Å². The Morgan fingerprint density at radius 2 is 2.28 bits per heavy atom. The Kier molecular flexibility index (Phi) is 5.74. The summed E-state index contributed by atoms with van der Waals surface area (Å²) in [6, 6.07) is 3.94. The van der Waals surface area contributed by atoms with Crippen molar-refractivity contribution in [1.29, 1.82) is 0 Å². The summed E-state index contributed by atoms with van der Waals surface area (Å²) in [6.07, 6.45) is 1.25. The van der Waals surface area contributed by atoms with Crippen LogP contribution in [0.1, 0.15) is 18.4 Å². The minimum absolute atomic E-state index is 0.306. The summed E-state index contributed by atoms with van der Waals surface area (Å²) in [5.74, 6) is -0.652. The Hall–Kier alpha value is -1.46. The molecule has 0 aromatic heterocycles. The number of amides is 1. The highest BCUT2D eigenvalue weighted by molar-refractivity contribution is 5.95. The Labute approximate surface area is 106 Å². The summed E-state index contributed by atoms with van der Waals surface area (Å²) in [7, 11) is 1.60. The zero-order valence-electron chi connectivity index (χ0n) is 10.7. The number of rotatable bonds is 6. The molecule has 0 bridgehead atoms. The molecular weight excluding hydrogens is 235 g/mol. The molecule has 3 N–H and O–H groups in total. The van der Waals surface area contributed by atoms with Crippen molar-refractivity contribution in [3.8, 4) is 0 Å². The second kappa shape index (κ2) is 7.08. The zero-order valence-corrected chi connectivity index (χ0v) is 10.7. The summed E-state index contributed by atoms with van der Waals surface area (Å²) in [4.78, 5) is 11.8. The van der Waals surface area contributed by atoms with E-state index in [0.29, 0.717) is 30.7 Å². The van der Waals surface area contributed by atoms with Crippen LogP contribution in [0, 0.1) is 12.7 Å². The van der Waals surface area contributed by atoms with E-state index in [1.165, 1.54) is 6.07 Å². The SMILES string of the molecule is COCCCC(N)C(=O)Nc1cccc(F)c1C. The van der Waals surface area contributed by atoms with Crippen LogP contribution in [0.25, 0.3) is 0 Å². The maximum Gasteiger partial charge on any atom is 0.241 e. The van der Waals surface area contributed by atoms with Crippen LogP contribution in [0.4, 0.5) is 10.1 Å². The summed E-state index contributed by atoms with van der Waals surface area (Å²) in [6.45, 7) is 2.18. The number of carbonyl (C=O) groups excluding carboxylic acids is 1. The molecule has 0 radical (unpaired) electrons. The molecule has 0 fully saturated rings. The first-order valence-electron chi connectivity index (χ1n) is 5.86. The van der Waals surface area contributed by atoms with Gasteiger partial charge < -0.3 is 15.8 Å². The van der Waals surface area contributed by atoms with Gasteiger partial charge in [0.15, 0.2) is 0 Å². The second-order valence-corrected chi connectivity index (χ2v) is 4.14. The Balaban J connectivity index is 2.56. The predicted molar refractivity (Wildman–Crippen MR) is 68.9 cm³/mol. The van der Waals surface area contributed by atoms with E-state index in [4.69, 9.17) is 10.5 Å². The van der Waals surface area contributed by atoms with Gasteiger partial charge >= 0.3 is 0 Å². The number of ether oxygens (including phenoxy) is 1. The van der Waals surface area contributed by atoms with Gasteiger partial charge in [-0.25, -0.2) is 4.39 Å². The lowest BCUT2D eigenvalue weighted by molar-refractivity contribution is -0.117. The molecule has 0 saturated carbocycles. The molecule has 100 valence electrons. The molecule has 1 atom stereocenters. The molecule has 0 aliphatic carbocycles. The monoisotopic (exact) mass is 254 g/mol. The van der Waals surface area contributed by atoms with Crippen molar-refractivity contribution >= 4 is 11.6 Å². The standard InChI is InChI=1S/C13H19FN2O2/c1-9-10(14)5-3-7-12(9)16-13(17)11(15)6-4-8-18-2/h3,5,7,11H,4,6,8,15H2,1-2H3,(H,16,17). The summed E-state index contributed by atoms with van der Waals surface area (Å²) in [5, 5.41) is 2.63. The first-order valence-corrected chi connectivity index (χ1v) is 5.86. The Morgan fingerprint density at radius 1 is 1.56 bits per heavy atom. The number of anilines is 1. The fourth-order valence-corrected chi connectivity index (χ4v) is 1.55. The first-order chi connectivity index (χ1) is 8.56. The molecule has 1 aromatic rings. The van der Waals surface area contributed by atoms with E-state index >= 15 is 0 Å². The van der Waals surface area contributed by atoms with Crippen molar-refractivity contribution in [1.82, 2.24) is 0 Å². The van der Waals surface area contributed by atoms with Crippen molar-refractivity contribution in [3.63, 3.8) is 0 Å². The van der Waals surface area contributed by atoms with Crippen LogP contribution in [0.5, 0.6) is 0 Å². The van der Waals surface area contributed by atoms with Gasteiger partial charge in [0.1, 0.15) is 5.82 Å². The number of benzene rings is 1. The zero-order chi connectivity index (χ0) is 13.5. The van der Waals surface area contributed by atoms with Gasteiger partial charge in [0.05, 0.1) is 6.04 Å². The molecule has 0 spiro atoms. The van der Waals surface area contributed by atoms with Crippen LogP contribution < -0.4 is 11.1 Å². The van der Waals surface area contributed by atoms with Crippen LogP contribution >= 0.6 is 0 Å². The minimum Gasteiger partial charge on any atom is -0.385 e. The number of carbonyl (C=O) groups is 1. The van der Waals surface area contributed by atoms with Crippen molar-refractivity contribution in [2.24, 2.45) is 5.73 Å². The molecular formula is C13H19FN2O2. The maximum atomic E-state index is 13.3. The highest BCUT2D eigenvalue weighted by atomic mass is 19.1. The fraction of sp³-hybridized carbons (Fsp3) is 0.462. The van der Waals surface area contributed by atoms with Crippen LogP contribution in [0.2, 0.25) is 0 Å². The van der Waals surface area contributed by atoms with Crippen LogP contribution in [-0.4, -0.2) is 25.7 Å². The third-order valence-electron chi connectivity index (χ3n) is 2.73. The van der Waals surface area contributed by atoms with Gasteiger partial charge in [0.25, 0.3) is 0 Å². The maximum absolute atomic E-state index is 13.3. The van der Waals surface area contributed by atoms with Gasteiger partial charge in [-0.15, -0.1) is 0 Å². The number of hydrogen-bond acceptors (Lipinski definition) is 3. The van der Waals surface area contributed by atoms with Crippen molar-refractivity contribution in [2.45, 2.75) is 25.8 Å². The lowest BCUT2D eigenvalue weighted by Crippen LogP contribution is -2.36. The lowest BCUT2D eigenvalue weighted by atomic mass is 10.1. The molecule has 1 aromatic carbocycles. The first kappa shape index (κ1) is 14.6. The van der Waals surface area contributed by atoms with E-state index in [1.807, 2.05) is 0 Å². The molecule has 0 heterocycles. The highest BCUT2D eigenvalue weighted by Gasteiger charge is 2.14. The normalized spacial score (nSPS) is 12.2. The second-order valence-electron chi connectivity index (χ2n) is 4.14. The highest BCUT2D eigenvalue weighted by Crippen LogP contribution is 2.17. The third-order valence-corrected chi connectivity index (χ3v) is 2.73. The number of hydrogen-bond donors (Lipinski definition) is 2. The molecule has 0 aliphatic heterocycles. The summed E-state index contributed by atoms with van der Waals surface area (Å²) >= 11 is 0. The van der Waals surface area contributed by atoms with Crippen molar-refractivity contribution < 1.29 is 13.9 Å². The molecule has 0 saturated heterocycles. The largest absolute Gasteiger partial charge is 0.385 e. The molecule has 0 aliphatic rings. The number of nitrogens with two attached hydrogens (primary N) is 1. The minimum atomic E-state index is -0.609. The van der Waals surface area contributed by atoms with Gasteiger partial charge in [0.2, 0.25) is 5.91 Å². The fourth-order valence-electron chi connectivity index (χ4n) is 1.55. The quantitative estimate of drug-likeness (QED) is 0.761. The van der Waals surface area contributed by atoms with E-state index in [9.17, 15) is 9.18 Å². The Morgan fingerprint density at radius 3 is 2.94 bits per heavy atom. The average molecular weight is 254 g/mol. The van der Waals surface area contributed by atoms with Crippen LogP contribution in [-0.2, 0) is 9.53 Å². The summed E-state index contributed by atoms with van der Waals surface area (Å²) < 4.78 is 18.2. The van der Waals surface area contributed by atoms with Gasteiger partial charge in [-0.3, -0.25) is 4.79 Å². The topological polar surface area (TPSA) is 64.3 Å². The smallest absolute Gasteiger partial charge is 0.241 e. The average Bonchev–Trinajstić information content (AvgIpc) is 2.35. The molecule has 1 amide bonds. The molecule has 5 heteroatoms. The number of methoxy groups -OCH3 is 1. The van der Waals surface area contributed by atoms with Crippen molar-refractivity contribution in [3.05, 3.63) is 29.6 Å². The molecule has 18 heavy (non-hydrogen) atoms. The van der Waals surface area contributed by atoms with E-state index in [1.54, 1.807) is 26.2 Å². The van der Waals surface area contributed by atoms with E-state index in [2.05, 4.69) is 5.32 Å². The van der Waals surface area contributed by atoms with Crippen molar-refractivity contribution in [2.75, 3.05) is 19.0 Å². The predicted octanol–water partition coefficient (Wildman–Crippen LogP) is 1.83. The van der Waals surface area contributed by atoms with Crippen LogP contribution in [0.15, 0.2) is 18.2 Å². The lowest BCUT2D eigenvalue weighted by Gasteiger charge is -2.13. The van der Waals surface area contributed by atoms with E-state index in [0.717, 1.165) is 0 Å². The molecule has 1 unspecified atom stereocenters. The molecule has 4 nitrogen and oxygen atoms in total. The van der Waals surface area contributed by atoms with E-state index in [-0.39, 0.29) is 11.7 Å². The van der Waals surface area contributed by atoms with Gasteiger partial charge in [0, 0.05) is 25.0 Å². The van der Waals surface area contributed by atoms with Gasteiger partial charge in [-0.05, 0) is 31.9 Å². The Bertz CT molecular complexity index is 410. The number of nitrogens with one attached hydrogen (secondary N) is 1. The van der Waals surface area contributed by atoms with Gasteiger partial charge in [-0.1, -0.05) is 6.07 Å². The molecule has 1 rings (SSSR count). The number of halogens is 1. The van der Waals surface area contributed by atoms with Gasteiger partial charge in [-0.2, -0.15) is 0 Å². The third kappa shape index (κ3) is 4.09.